The average Bonchev–Trinajstić information content (AvgIpc) is 2.35. The zero-order chi connectivity index (χ0) is 14.9. The van der Waals surface area contributed by atoms with Gasteiger partial charge in [0, 0.05) is 24.7 Å². The lowest BCUT2D eigenvalue weighted by molar-refractivity contribution is -0.384. The molecule has 2 rings (SSSR count). The molecule has 0 bridgehead atoms. The molecule has 1 heterocycles. The van der Waals surface area contributed by atoms with Crippen LogP contribution in [0.2, 0.25) is 0 Å². The van der Waals surface area contributed by atoms with Crippen molar-refractivity contribution in [3.05, 3.63) is 33.9 Å². The minimum atomic E-state index is -1.11. The van der Waals surface area contributed by atoms with Gasteiger partial charge in [-0.2, -0.15) is 5.26 Å². The summed E-state index contributed by atoms with van der Waals surface area (Å²) in [7, 11) is 0. The summed E-state index contributed by atoms with van der Waals surface area (Å²) in [6.07, 6.45) is -0.0111. The standard InChI is InChI=1S/C13H13N3O4/c1-9(17)10-2-3-11(12(6-10)16(19)20)15-7-13(18,8-15)4-5-14/h2-3,6,18H,4,7-8H2,1H3. The number of rotatable bonds is 4. The van der Waals surface area contributed by atoms with E-state index in [2.05, 4.69) is 0 Å². The number of carbonyl (C=O) groups excluding carboxylic acids is 1. The number of aliphatic hydroxyl groups is 1. The zero-order valence-electron chi connectivity index (χ0n) is 10.9. The van der Waals surface area contributed by atoms with Gasteiger partial charge in [-0.25, -0.2) is 0 Å². The number of β-amino-alcohol motifs (C(OH)–C–C–N with tert-alkyl or cyclic N) is 1. The number of nitrogens with zero attached hydrogens (tertiary/aromatic N) is 3. The van der Waals surface area contributed by atoms with Crippen LogP contribution in [0.25, 0.3) is 0 Å². The molecule has 7 heteroatoms. The number of ketones is 1. The van der Waals surface area contributed by atoms with Crippen LogP contribution in [0.15, 0.2) is 18.2 Å². The van der Waals surface area contributed by atoms with Crippen molar-refractivity contribution in [3.8, 4) is 6.07 Å². The molecule has 104 valence electrons. The van der Waals surface area contributed by atoms with E-state index in [9.17, 15) is 20.0 Å². The van der Waals surface area contributed by atoms with Crippen molar-refractivity contribution in [2.45, 2.75) is 18.9 Å². The maximum atomic E-state index is 11.3. The third kappa shape index (κ3) is 2.46. The minimum absolute atomic E-state index is 0.0111. The van der Waals surface area contributed by atoms with Crippen LogP contribution >= 0.6 is 0 Å². The molecule has 1 aliphatic rings. The predicted octanol–water partition coefficient (Wildman–Crippen LogP) is 1.26. The Morgan fingerprint density at radius 1 is 1.60 bits per heavy atom. The van der Waals surface area contributed by atoms with Gasteiger partial charge in [0.2, 0.25) is 0 Å². The molecule has 0 amide bonds. The van der Waals surface area contributed by atoms with Gasteiger partial charge in [-0.05, 0) is 19.1 Å². The average molecular weight is 275 g/mol. The van der Waals surface area contributed by atoms with E-state index < -0.39 is 10.5 Å². The van der Waals surface area contributed by atoms with Gasteiger partial charge in [0.15, 0.2) is 5.78 Å². The second-order valence-corrected chi connectivity index (χ2v) is 4.93. The Bertz CT molecular complexity index is 615. The smallest absolute Gasteiger partial charge is 0.293 e. The molecule has 0 unspecified atom stereocenters. The van der Waals surface area contributed by atoms with E-state index in [1.54, 1.807) is 4.90 Å². The van der Waals surface area contributed by atoms with Gasteiger partial charge in [-0.15, -0.1) is 0 Å². The molecular weight excluding hydrogens is 262 g/mol. The highest BCUT2D eigenvalue weighted by atomic mass is 16.6. The Labute approximate surface area is 115 Å². The van der Waals surface area contributed by atoms with Gasteiger partial charge in [0.05, 0.1) is 17.4 Å². The van der Waals surface area contributed by atoms with Crippen LogP contribution < -0.4 is 4.90 Å². The molecule has 1 saturated heterocycles. The van der Waals surface area contributed by atoms with E-state index in [1.165, 1.54) is 25.1 Å². The Morgan fingerprint density at radius 3 is 2.75 bits per heavy atom. The number of Topliss-reactive ketones (excluding diaryl/α,β-unsaturated/α-hetero) is 1. The Kier molecular flexibility index (Phi) is 3.42. The van der Waals surface area contributed by atoms with Crippen LogP contribution in [-0.4, -0.2) is 34.5 Å². The number of benzene rings is 1. The number of nitro benzene ring substituents is 1. The fraction of sp³-hybridized carbons (Fsp3) is 0.385. The predicted molar refractivity (Wildman–Crippen MR) is 70.5 cm³/mol. The lowest BCUT2D eigenvalue weighted by Crippen LogP contribution is -2.61. The van der Waals surface area contributed by atoms with E-state index in [-0.39, 0.29) is 36.5 Å². The highest BCUT2D eigenvalue weighted by molar-refractivity contribution is 5.95. The molecule has 0 aliphatic carbocycles. The molecule has 0 saturated carbocycles. The summed E-state index contributed by atoms with van der Waals surface area (Å²) < 4.78 is 0. The molecule has 0 atom stereocenters. The summed E-state index contributed by atoms with van der Waals surface area (Å²) in [6, 6.07) is 6.14. The first-order valence-corrected chi connectivity index (χ1v) is 6.00. The van der Waals surface area contributed by atoms with Crippen molar-refractivity contribution in [1.29, 1.82) is 5.26 Å². The van der Waals surface area contributed by atoms with Crippen molar-refractivity contribution in [3.63, 3.8) is 0 Å². The maximum Gasteiger partial charge on any atom is 0.293 e. The van der Waals surface area contributed by atoms with Crippen LogP contribution in [-0.2, 0) is 0 Å². The maximum absolute atomic E-state index is 11.3. The molecule has 0 radical (unpaired) electrons. The quantitative estimate of drug-likeness (QED) is 0.503. The molecule has 1 N–H and O–H groups in total. The first kappa shape index (κ1) is 14.0. The van der Waals surface area contributed by atoms with Crippen LogP contribution in [0.3, 0.4) is 0 Å². The molecule has 20 heavy (non-hydrogen) atoms. The summed E-state index contributed by atoms with van der Waals surface area (Å²) in [5.74, 6) is -0.246. The van der Waals surface area contributed by atoms with Crippen molar-refractivity contribution in [1.82, 2.24) is 0 Å². The molecular formula is C13H13N3O4. The highest BCUT2D eigenvalue weighted by Gasteiger charge is 2.43. The Hall–Kier alpha value is -2.46. The van der Waals surface area contributed by atoms with E-state index in [1.807, 2.05) is 6.07 Å². The fourth-order valence-electron chi connectivity index (χ4n) is 2.25. The number of nitro groups is 1. The van der Waals surface area contributed by atoms with Gasteiger partial charge < -0.3 is 10.0 Å². The van der Waals surface area contributed by atoms with Crippen molar-refractivity contribution >= 4 is 17.2 Å². The van der Waals surface area contributed by atoms with E-state index in [0.717, 1.165) is 0 Å². The van der Waals surface area contributed by atoms with Crippen molar-refractivity contribution < 1.29 is 14.8 Å². The summed E-state index contributed by atoms with van der Waals surface area (Å²) in [5, 5.41) is 29.6. The summed E-state index contributed by atoms with van der Waals surface area (Å²) in [5.41, 5.74) is -0.658. The van der Waals surface area contributed by atoms with Crippen LogP contribution in [0.4, 0.5) is 11.4 Å². The lowest BCUT2D eigenvalue weighted by atomic mass is 9.90. The summed E-state index contributed by atoms with van der Waals surface area (Å²) in [4.78, 5) is 23.4. The monoisotopic (exact) mass is 275 g/mol. The first-order chi connectivity index (χ1) is 9.36. The van der Waals surface area contributed by atoms with Gasteiger partial charge in [0.1, 0.15) is 11.3 Å². The van der Waals surface area contributed by atoms with Crippen LogP contribution in [0.1, 0.15) is 23.7 Å². The molecule has 0 aromatic heterocycles. The van der Waals surface area contributed by atoms with Crippen molar-refractivity contribution in [2.75, 3.05) is 18.0 Å². The van der Waals surface area contributed by atoms with Crippen LogP contribution in [0.5, 0.6) is 0 Å². The molecule has 1 aromatic carbocycles. The third-order valence-electron chi connectivity index (χ3n) is 3.30. The normalized spacial score (nSPS) is 16.1. The SMILES string of the molecule is CC(=O)c1ccc(N2CC(O)(CC#N)C2)c([N+](=O)[O-])c1. The van der Waals surface area contributed by atoms with Gasteiger partial charge in [0.25, 0.3) is 5.69 Å². The number of anilines is 1. The van der Waals surface area contributed by atoms with E-state index >= 15 is 0 Å². The molecule has 7 nitrogen and oxygen atoms in total. The molecule has 1 aromatic rings. The largest absolute Gasteiger partial charge is 0.385 e. The Morgan fingerprint density at radius 2 is 2.25 bits per heavy atom. The minimum Gasteiger partial charge on any atom is -0.385 e. The topological polar surface area (TPSA) is 107 Å². The van der Waals surface area contributed by atoms with E-state index in [4.69, 9.17) is 5.26 Å². The lowest BCUT2D eigenvalue weighted by Gasteiger charge is -2.46. The van der Waals surface area contributed by atoms with E-state index in [0.29, 0.717) is 5.69 Å². The molecule has 1 aliphatic heterocycles. The highest BCUT2D eigenvalue weighted by Crippen LogP contribution is 2.36. The second-order valence-electron chi connectivity index (χ2n) is 4.93. The number of hydrogen-bond donors (Lipinski definition) is 1. The number of carbonyl (C=O) groups is 1. The second kappa shape index (κ2) is 4.90. The summed E-state index contributed by atoms with van der Waals surface area (Å²) >= 11 is 0. The van der Waals surface area contributed by atoms with Gasteiger partial charge in [-0.1, -0.05) is 0 Å². The van der Waals surface area contributed by atoms with Crippen molar-refractivity contribution in [2.24, 2.45) is 0 Å². The van der Waals surface area contributed by atoms with Gasteiger partial charge in [-0.3, -0.25) is 14.9 Å². The molecule has 0 spiro atoms. The number of nitriles is 1. The zero-order valence-corrected chi connectivity index (χ0v) is 10.9. The Balaban J connectivity index is 2.28. The van der Waals surface area contributed by atoms with Crippen LogP contribution in [0, 0.1) is 21.4 Å². The third-order valence-corrected chi connectivity index (χ3v) is 3.30. The first-order valence-electron chi connectivity index (χ1n) is 6.00. The fourth-order valence-corrected chi connectivity index (χ4v) is 2.25. The van der Waals surface area contributed by atoms with Gasteiger partial charge >= 0.3 is 0 Å². The molecule has 1 fully saturated rings. The number of hydrogen-bond acceptors (Lipinski definition) is 6. The summed E-state index contributed by atoms with van der Waals surface area (Å²) in [6.45, 7) is 1.68.